The first kappa shape index (κ1) is 43.2. The molecule has 14 nitrogen and oxygen atoms in total. The summed E-state index contributed by atoms with van der Waals surface area (Å²) in [5, 5.41) is 5.74. The molecule has 0 saturated carbocycles. The van der Waals surface area contributed by atoms with Gasteiger partial charge >= 0.3 is 12.2 Å². The number of alkyl carbamates (subject to hydrolysis) is 2. The van der Waals surface area contributed by atoms with Gasteiger partial charge in [-0.25, -0.2) is 19.6 Å². The Kier molecular flexibility index (Phi) is 13.7. The molecule has 0 bridgehead atoms. The average Bonchev–Trinajstić information content (AvgIpc) is 4.10. The summed E-state index contributed by atoms with van der Waals surface area (Å²) in [6, 6.07) is 31.6. The predicted octanol–water partition coefficient (Wildman–Crippen LogP) is 8.94. The number of aromatic nitrogens is 4. The molecule has 1 aliphatic rings. The topological polar surface area (TPSA) is 175 Å². The number of benzene rings is 4. The molecule has 1 aliphatic heterocycles. The standard InChI is InChI=1S/C47H49ClN8O6/c1-5-26-55(44(57)39(52-46(59)61-3)33-13-8-6-9-14-33)29(2)42-51-38(41(48)54-42)35-24-20-31(21-25-35)30-18-22-32(23-19-30)36-28-49-43(50-36)37-17-12-27-56(37)45(58)40(53-47(60)62-4)34-15-10-7-11-16-34/h6-11,13-16,18-25,28-29,37,39-40H,5,12,17,26-27H2,1-4H3,(H,49,50)(H,51,54)(H,52,59)(H,53,60). The fraction of sp³-hybridized carbons (Fsp3) is 0.277. The van der Waals surface area contributed by atoms with E-state index < -0.39 is 30.3 Å². The number of nitrogens with one attached hydrogen (secondary N) is 4. The quantitative estimate of drug-likeness (QED) is 0.0840. The number of amides is 4. The van der Waals surface area contributed by atoms with Crippen molar-refractivity contribution in [1.29, 1.82) is 0 Å². The number of carbonyl (C=O) groups excluding carboxylic acids is 4. The zero-order valence-corrected chi connectivity index (χ0v) is 35.7. The van der Waals surface area contributed by atoms with Crippen molar-refractivity contribution >= 4 is 35.6 Å². The number of likely N-dealkylation sites (tertiary alicyclic amines) is 1. The third-order valence-corrected chi connectivity index (χ3v) is 11.4. The number of imidazole rings is 2. The van der Waals surface area contributed by atoms with Gasteiger partial charge in [-0.05, 0) is 54.0 Å². The molecular formula is C47H49ClN8O6. The maximum absolute atomic E-state index is 14.1. The molecule has 0 spiro atoms. The number of hydrogen-bond donors (Lipinski definition) is 4. The number of halogens is 1. The van der Waals surface area contributed by atoms with E-state index in [9.17, 15) is 19.2 Å². The van der Waals surface area contributed by atoms with Gasteiger partial charge in [0.2, 0.25) is 0 Å². The van der Waals surface area contributed by atoms with Gasteiger partial charge in [0.1, 0.15) is 34.6 Å². The summed E-state index contributed by atoms with van der Waals surface area (Å²) in [5.74, 6) is 0.666. The van der Waals surface area contributed by atoms with E-state index in [0.717, 1.165) is 40.8 Å². The Morgan fingerprint density at radius 3 is 1.92 bits per heavy atom. The van der Waals surface area contributed by atoms with Gasteiger partial charge in [0.05, 0.1) is 38.2 Å². The molecule has 320 valence electrons. The lowest BCUT2D eigenvalue weighted by Crippen LogP contribution is -2.44. The van der Waals surface area contributed by atoms with Crippen molar-refractivity contribution in [3.63, 3.8) is 0 Å². The maximum Gasteiger partial charge on any atom is 0.407 e. The van der Waals surface area contributed by atoms with Crippen LogP contribution in [0.1, 0.15) is 80.1 Å². The molecule has 1 saturated heterocycles. The number of nitrogens with zero attached hydrogens (tertiary/aromatic N) is 4. The van der Waals surface area contributed by atoms with Crippen LogP contribution in [0.2, 0.25) is 5.15 Å². The second-order valence-corrected chi connectivity index (χ2v) is 15.4. The fourth-order valence-electron chi connectivity index (χ4n) is 7.82. The summed E-state index contributed by atoms with van der Waals surface area (Å²) >= 11 is 6.75. The molecule has 4 aromatic carbocycles. The van der Waals surface area contributed by atoms with Crippen LogP contribution in [0.15, 0.2) is 115 Å². The van der Waals surface area contributed by atoms with E-state index >= 15 is 0 Å². The molecule has 1 fully saturated rings. The number of H-pyrrole nitrogens is 2. The van der Waals surface area contributed by atoms with E-state index in [1.807, 2.05) is 111 Å². The second-order valence-electron chi connectivity index (χ2n) is 15.0. The van der Waals surface area contributed by atoms with Gasteiger partial charge < -0.3 is 39.9 Å². The summed E-state index contributed by atoms with van der Waals surface area (Å²) in [6.07, 6.45) is 2.61. The van der Waals surface area contributed by atoms with Crippen LogP contribution in [0.4, 0.5) is 9.59 Å². The molecule has 4 atom stereocenters. The lowest BCUT2D eigenvalue weighted by atomic mass is 10.0. The van der Waals surface area contributed by atoms with E-state index in [0.29, 0.717) is 53.1 Å². The molecule has 15 heteroatoms. The minimum Gasteiger partial charge on any atom is -0.453 e. The van der Waals surface area contributed by atoms with E-state index in [4.69, 9.17) is 31.0 Å². The third kappa shape index (κ3) is 9.50. The fourth-order valence-corrected chi connectivity index (χ4v) is 8.07. The number of carbonyl (C=O) groups is 4. The highest BCUT2D eigenvalue weighted by Gasteiger charge is 2.37. The van der Waals surface area contributed by atoms with Crippen LogP contribution < -0.4 is 10.6 Å². The smallest absolute Gasteiger partial charge is 0.407 e. The maximum atomic E-state index is 14.1. The molecular weight excluding hydrogens is 808 g/mol. The van der Waals surface area contributed by atoms with Crippen molar-refractivity contribution in [2.24, 2.45) is 0 Å². The minimum atomic E-state index is -0.959. The normalized spacial score (nSPS) is 15.0. The number of aromatic amines is 2. The first-order valence-electron chi connectivity index (χ1n) is 20.5. The zero-order valence-electron chi connectivity index (χ0n) is 34.9. The third-order valence-electron chi connectivity index (χ3n) is 11.1. The number of ether oxygens (including phenoxy) is 2. The summed E-state index contributed by atoms with van der Waals surface area (Å²) in [5.41, 5.74) is 6.40. The van der Waals surface area contributed by atoms with Gasteiger partial charge in [0.25, 0.3) is 11.8 Å². The Balaban J connectivity index is 1.04. The largest absolute Gasteiger partial charge is 0.453 e. The molecule has 0 radical (unpaired) electrons. The molecule has 2 aromatic heterocycles. The Labute approximate surface area is 365 Å². The van der Waals surface area contributed by atoms with Crippen molar-refractivity contribution in [3.05, 3.63) is 143 Å². The Hall–Kier alpha value is -6.93. The highest BCUT2D eigenvalue weighted by molar-refractivity contribution is 6.31. The van der Waals surface area contributed by atoms with E-state index in [-0.39, 0.29) is 17.9 Å². The molecule has 3 heterocycles. The van der Waals surface area contributed by atoms with Crippen LogP contribution in [0.5, 0.6) is 0 Å². The summed E-state index contributed by atoms with van der Waals surface area (Å²) in [4.78, 5) is 72.2. The number of rotatable bonds is 14. The Morgan fingerprint density at radius 1 is 0.790 bits per heavy atom. The van der Waals surface area contributed by atoms with Gasteiger partial charge in [0, 0.05) is 18.7 Å². The van der Waals surface area contributed by atoms with Gasteiger partial charge in [-0.1, -0.05) is 128 Å². The number of hydrogen-bond acceptors (Lipinski definition) is 8. The van der Waals surface area contributed by atoms with Gasteiger partial charge in [0.15, 0.2) is 0 Å². The van der Waals surface area contributed by atoms with Crippen LogP contribution in [-0.2, 0) is 19.1 Å². The first-order valence-corrected chi connectivity index (χ1v) is 20.9. The van der Waals surface area contributed by atoms with E-state index in [1.165, 1.54) is 14.2 Å². The van der Waals surface area contributed by atoms with Crippen LogP contribution in [0.3, 0.4) is 0 Å². The highest BCUT2D eigenvalue weighted by Crippen LogP contribution is 2.36. The van der Waals surface area contributed by atoms with Crippen LogP contribution in [0, 0.1) is 0 Å². The molecule has 7 rings (SSSR count). The lowest BCUT2D eigenvalue weighted by Gasteiger charge is -2.31. The van der Waals surface area contributed by atoms with Crippen molar-refractivity contribution in [1.82, 2.24) is 40.4 Å². The number of methoxy groups -OCH3 is 2. The lowest BCUT2D eigenvalue weighted by molar-refractivity contribution is -0.136. The van der Waals surface area contributed by atoms with Crippen molar-refractivity contribution in [2.75, 3.05) is 27.3 Å². The van der Waals surface area contributed by atoms with Gasteiger partial charge in [-0.3, -0.25) is 9.59 Å². The first-order chi connectivity index (χ1) is 30.1. The zero-order chi connectivity index (χ0) is 43.8. The van der Waals surface area contributed by atoms with E-state index in [1.54, 1.807) is 28.1 Å². The molecule has 6 aromatic rings. The second kappa shape index (κ2) is 19.6. The van der Waals surface area contributed by atoms with Crippen LogP contribution in [-0.4, -0.2) is 81.0 Å². The summed E-state index contributed by atoms with van der Waals surface area (Å²) < 4.78 is 9.66. The van der Waals surface area contributed by atoms with Crippen LogP contribution in [0.25, 0.3) is 33.6 Å². The molecule has 0 aliphatic carbocycles. The SMILES string of the molecule is CCCN(C(=O)C(NC(=O)OC)c1ccccc1)C(C)c1nc(-c2ccc(-c3ccc(-c4cnc(C5CCCN5C(=O)C(NC(=O)OC)c5ccccc5)[nH]4)cc3)cc2)c(Cl)[nH]1. The average molecular weight is 857 g/mol. The predicted molar refractivity (Wildman–Crippen MR) is 236 cm³/mol. The molecule has 4 unspecified atom stereocenters. The van der Waals surface area contributed by atoms with Crippen LogP contribution >= 0.6 is 11.6 Å². The molecule has 4 N–H and O–H groups in total. The monoisotopic (exact) mass is 856 g/mol. The van der Waals surface area contributed by atoms with Gasteiger partial charge in [-0.2, -0.15) is 0 Å². The minimum absolute atomic E-state index is 0.226. The van der Waals surface area contributed by atoms with Crippen molar-refractivity contribution in [3.8, 4) is 33.6 Å². The molecule has 62 heavy (non-hydrogen) atoms. The van der Waals surface area contributed by atoms with E-state index in [2.05, 4.69) is 20.6 Å². The Morgan fingerprint density at radius 2 is 1.34 bits per heavy atom. The van der Waals surface area contributed by atoms with Crippen molar-refractivity contribution in [2.45, 2.75) is 57.3 Å². The Bertz CT molecular complexity index is 2480. The summed E-state index contributed by atoms with van der Waals surface area (Å²) in [6.45, 7) is 4.82. The van der Waals surface area contributed by atoms with Gasteiger partial charge in [-0.15, -0.1) is 0 Å². The summed E-state index contributed by atoms with van der Waals surface area (Å²) in [7, 11) is 2.53. The molecule has 4 amide bonds. The van der Waals surface area contributed by atoms with Crippen molar-refractivity contribution < 1.29 is 28.7 Å². The highest BCUT2D eigenvalue weighted by atomic mass is 35.5.